The molecular formula is C18H28N6O2. The molecule has 0 amide bonds. The van der Waals surface area contributed by atoms with Crippen molar-refractivity contribution < 1.29 is 9.47 Å². The molecule has 8 heteroatoms. The van der Waals surface area contributed by atoms with Gasteiger partial charge in [0, 0.05) is 33.3 Å². The Kier molecular flexibility index (Phi) is 6.54. The highest BCUT2D eigenvalue weighted by Crippen LogP contribution is 2.29. The highest BCUT2D eigenvalue weighted by molar-refractivity contribution is 5.32. The molecule has 1 aromatic heterocycles. The van der Waals surface area contributed by atoms with Crippen molar-refractivity contribution in [3.8, 4) is 5.75 Å². The molecule has 0 N–H and O–H groups in total. The van der Waals surface area contributed by atoms with Crippen molar-refractivity contribution in [3.63, 3.8) is 0 Å². The van der Waals surface area contributed by atoms with Gasteiger partial charge >= 0.3 is 0 Å². The fraction of sp³-hybridized carbons (Fsp3) is 0.611. The predicted molar refractivity (Wildman–Crippen MR) is 98.2 cm³/mol. The second-order valence-electron chi connectivity index (χ2n) is 6.40. The van der Waals surface area contributed by atoms with E-state index in [0.29, 0.717) is 13.2 Å². The molecule has 0 saturated carbocycles. The molecule has 1 saturated heterocycles. The maximum atomic E-state index is 5.31. The topological polar surface area (TPSA) is 68.5 Å². The van der Waals surface area contributed by atoms with Crippen molar-refractivity contribution in [3.05, 3.63) is 35.7 Å². The zero-order chi connectivity index (χ0) is 18.4. The van der Waals surface area contributed by atoms with E-state index in [1.165, 1.54) is 5.56 Å². The lowest BCUT2D eigenvalue weighted by atomic mass is 10.0. The first-order valence-electron chi connectivity index (χ1n) is 9.12. The number of ether oxygens (including phenoxy) is 2. The number of hydrogen-bond acceptors (Lipinski definition) is 7. The van der Waals surface area contributed by atoms with Crippen LogP contribution in [0, 0.1) is 0 Å². The summed E-state index contributed by atoms with van der Waals surface area (Å²) in [5, 5.41) is 12.5. The largest absolute Gasteiger partial charge is 0.497 e. The summed E-state index contributed by atoms with van der Waals surface area (Å²) in [5.74, 6) is 1.71. The molecule has 1 aliphatic rings. The van der Waals surface area contributed by atoms with Crippen molar-refractivity contribution in [1.29, 1.82) is 0 Å². The van der Waals surface area contributed by atoms with E-state index < -0.39 is 0 Å². The van der Waals surface area contributed by atoms with Gasteiger partial charge in [0.15, 0.2) is 5.82 Å². The summed E-state index contributed by atoms with van der Waals surface area (Å²) in [6.45, 7) is 8.61. The van der Waals surface area contributed by atoms with Gasteiger partial charge in [0.25, 0.3) is 0 Å². The Morgan fingerprint density at radius 1 is 1.08 bits per heavy atom. The van der Waals surface area contributed by atoms with Crippen molar-refractivity contribution in [2.24, 2.45) is 0 Å². The lowest BCUT2D eigenvalue weighted by Crippen LogP contribution is -2.48. The van der Waals surface area contributed by atoms with Crippen molar-refractivity contribution in [2.45, 2.75) is 19.5 Å². The standard InChI is InChI=1S/C18H28N6O2/c1-4-22-9-11-23(12-10-22)17(15-5-7-16(26-3)8-6-15)18-19-20-21-24(18)13-14-25-2/h5-8,17H,4,9-14H2,1-3H3/t17-/m0/s1. The lowest BCUT2D eigenvalue weighted by Gasteiger charge is -2.38. The minimum absolute atomic E-state index is 0.0202. The van der Waals surface area contributed by atoms with Crippen LogP contribution in [0.4, 0.5) is 0 Å². The monoisotopic (exact) mass is 360 g/mol. The Morgan fingerprint density at radius 3 is 2.42 bits per heavy atom. The summed E-state index contributed by atoms with van der Waals surface area (Å²) in [7, 11) is 3.37. The van der Waals surface area contributed by atoms with Crippen LogP contribution in [-0.4, -0.2) is 83.6 Å². The molecule has 0 radical (unpaired) electrons. The van der Waals surface area contributed by atoms with Crippen LogP contribution in [0.25, 0.3) is 0 Å². The Balaban J connectivity index is 1.90. The fourth-order valence-corrected chi connectivity index (χ4v) is 3.39. The molecular weight excluding hydrogens is 332 g/mol. The number of methoxy groups -OCH3 is 2. The molecule has 3 rings (SSSR count). The molecule has 0 unspecified atom stereocenters. The molecule has 0 spiro atoms. The summed E-state index contributed by atoms with van der Waals surface area (Å²) >= 11 is 0. The van der Waals surface area contributed by atoms with E-state index in [1.807, 2.05) is 16.8 Å². The van der Waals surface area contributed by atoms with E-state index in [0.717, 1.165) is 44.3 Å². The number of benzene rings is 1. The van der Waals surface area contributed by atoms with Crippen LogP contribution in [0.2, 0.25) is 0 Å². The Labute approximate surface area is 154 Å². The molecule has 2 aromatic rings. The SMILES string of the molecule is CCN1CCN([C@@H](c2ccc(OC)cc2)c2nnnn2CCOC)CC1. The summed E-state index contributed by atoms with van der Waals surface area (Å²) < 4.78 is 12.4. The van der Waals surface area contributed by atoms with E-state index in [4.69, 9.17) is 9.47 Å². The molecule has 1 aromatic carbocycles. The quantitative estimate of drug-likeness (QED) is 0.697. The molecule has 142 valence electrons. The van der Waals surface area contributed by atoms with E-state index in [-0.39, 0.29) is 6.04 Å². The number of hydrogen-bond donors (Lipinski definition) is 0. The second kappa shape index (κ2) is 9.07. The fourth-order valence-electron chi connectivity index (χ4n) is 3.39. The number of nitrogens with zero attached hydrogens (tertiary/aromatic N) is 6. The van der Waals surface area contributed by atoms with Gasteiger partial charge in [-0.1, -0.05) is 19.1 Å². The summed E-state index contributed by atoms with van der Waals surface area (Å²) in [6, 6.07) is 8.21. The average Bonchev–Trinajstić information content (AvgIpc) is 3.15. The molecule has 8 nitrogen and oxygen atoms in total. The number of aromatic nitrogens is 4. The van der Waals surface area contributed by atoms with E-state index >= 15 is 0 Å². The van der Waals surface area contributed by atoms with E-state index in [2.05, 4.69) is 44.4 Å². The minimum atomic E-state index is 0.0202. The number of piperazine rings is 1. The Morgan fingerprint density at radius 2 is 1.81 bits per heavy atom. The average molecular weight is 360 g/mol. The van der Waals surface area contributed by atoms with Gasteiger partial charge in [-0.25, -0.2) is 4.68 Å². The van der Waals surface area contributed by atoms with Gasteiger partial charge in [-0.2, -0.15) is 0 Å². The van der Waals surface area contributed by atoms with Crippen molar-refractivity contribution >= 4 is 0 Å². The molecule has 0 bridgehead atoms. The first kappa shape index (κ1) is 18.8. The highest BCUT2D eigenvalue weighted by atomic mass is 16.5. The third-order valence-electron chi connectivity index (χ3n) is 4.96. The zero-order valence-electron chi connectivity index (χ0n) is 15.8. The van der Waals surface area contributed by atoms with Gasteiger partial charge < -0.3 is 14.4 Å². The maximum absolute atomic E-state index is 5.31. The van der Waals surface area contributed by atoms with Gasteiger partial charge in [-0.05, 0) is 34.7 Å². The molecule has 26 heavy (non-hydrogen) atoms. The first-order chi connectivity index (χ1) is 12.8. The predicted octanol–water partition coefficient (Wildman–Crippen LogP) is 1.06. The molecule has 1 aliphatic heterocycles. The molecule has 2 heterocycles. The molecule has 1 atom stereocenters. The summed E-state index contributed by atoms with van der Waals surface area (Å²) in [4.78, 5) is 4.93. The Hall–Kier alpha value is -2.03. The van der Waals surface area contributed by atoms with E-state index in [9.17, 15) is 0 Å². The van der Waals surface area contributed by atoms with Gasteiger partial charge in [-0.15, -0.1) is 5.10 Å². The van der Waals surface area contributed by atoms with Gasteiger partial charge in [0.1, 0.15) is 5.75 Å². The van der Waals surface area contributed by atoms with E-state index in [1.54, 1.807) is 14.2 Å². The number of rotatable bonds is 8. The van der Waals surface area contributed by atoms with Gasteiger partial charge in [0.05, 0.1) is 26.3 Å². The number of tetrazole rings is 1. The summed E-state index contributed by atoms with van der Waals surface area (Å²) in [5.41, 5.74) is 1.17. The second-order valence-corrected chi connectivity index (χ2v) is 6.40. The van der Waals surface area contributed by atoms with Crippen LogP contribution >= 0.6 is 0 Å². The highest BCUT2D eigenvalue weighted by Gasteiger charge is 2.30. The number of likely N-dealkylation sites (N-methyl/N-ethyl adjacent to an activating group) is 1. The minimum Gasteiger partial charge on any atom is -0.497 e. The van der Waals surface area contributed by atoms with Crippen LogP contribution in [0.3, 0.4) is 0 Å². The summed E-state index contributed by atoms with van der Waals surface area (Å²) in [6.07, 6.45) is 0. The van der Waals surface area contributed by atoms with Crippen molar-refractivity contribution in [1.82, 2.24) is 30.0 Å². The van der Waals surface area contributed by atoms with Gasteiger partial charge in [0.2, 0.25) is 0 Å². The van der Waals surface area contributed by atoms with Crippen LogP contribution in [0.1, 0.15) is 24.4 Å². The Bertz CT molecular complexity index is 667. The molecule has 1 fully saturated rings. The normalized spacial score (nSPS) is 17.3. The van der Waals surface area contributed by atoms with Crippen LogP contribution < -0.4 is 4.74 Å². The van der Waals surface area contributed by atoms with Crippen molar-refractivity contribution in [2.75, 3.05) is 53.6 Å². The lowest BCUT2D eigenvalue weighted by molar-refractivity contribution is 0.107. The van der Waals surface area contributed by atoms with Crippen LogP contribution in [-0.2, 0) is 11.3 Å². The smallest absolute Gasteiger partial charge is 0.173 e. The third-order valence-corrected chi connectivity index (χ3v) is 4.96. The first-order valence-corrected chi connectivity index (χ1v) is 9.12. The zero-order valence-corrected chi connectivity index (χ0v) is 15.8. The van der Waals surface area contributed by atoms with Crippen LogP contribution in [0.5, 0.6) is 5.75 Å². The molecule has 0 aliphatic carbocycles. The third kappa shape index (κ3) is 4.20. The maximum Gasteiger partial charge on any atom is 0.173 e. The van der Waals surface area contributed by atoms with Gasteiger partial charge in [-0.3, -0.25) is 4.90 Å². The van der Waals surface area contributed by atoms with Crippen LogP contribution in [0.15, 0.2) is 24.3 Å².